The van der Waals surface area contributed by atoms with Gasteiger partial charge in [0, 0.05) is 12.6 Å². The first kappa shape index (κ1) is 19.2. The van der Waals surface area contributed by atoms with Crippen LogP contribution in [0.25, 0.3) is 6.08 Å². The van der Waals surface area contributed by atoms with E-state index in [1.807, 2.05) is 0 Å². The number of amides is 1. The van der Waals surface area contributed by atoms with Gasteiger partial charge in [0.15, 0.2) is 0 Å². The van der Waals surface area contributed by atoms with E-state index in [0.717, 1.165) is 18.5 Å². The average Bonchev–Trinajstić information content (AvgIpc) is 2.92. The fraction of sp³-hybridized carbons (Fsp3) is 0.500. The zero-order chi connectivity index (χ0) is 17.9. The van der Waals surface area contributed by atoms with Crippen LogP contribution in [-0.4, -0.2) is 50.1 Å². The highest BCUT2D eigenvalue weighted by molar-refractivity contribution is 5.92. The van der Waals surface area contributed by atoms with Crippen LogP contribution in [0.5, 0.6) is 0 Å². The highest BCUT2D eigenvalue weighted by Crippen LogP contribution is 2.09. The molecule has 0 bridgehead atoms. The lowest BCUT2D eigenvalue weighted by Crippen LogP contribution is -2.30. The molecule has 1 fully saturated rings. The maximum Gasteiger partial charge on any atom is 0.337 e. The standard InChI is InChI=1S/C20H28N2O3/c1-25-20(24)18-10-7-17(8-11-18)9-12-19(23)21-13-6-16-22-14-4-2-3-5-15-22/h7-12H,2-6,13-16H2,1H3,(H,21,23)/b12-9-. The molecule has 1 aromatic carbocycles. The number of hydrogen-bond acceptors (Lipinski definition) is 4. The molecule has 0 atom stereocenters. The van der Waals surface area contributed by atoms with E-state index in [2.05, 4.69) is 15.0 Å². The maximum absolute atomic E-state index is 11.9. The molecule has 0 saturated carbocycles. The normalized spacial score (nSPS) is 15.7. The van der Waals surface area contributed by atoms with Gasteiger partial charge in [0.2, 0.25) is 5.91 Å². The molecule has 1 aliphatic rings. The van der Waals surface area contributed by atoms with Crippen LogP contribution in [-0.2, 0) is 9.53 Å². The van der Waals surface area contributed by atoms with E-state index in [1.165, 1.54) is 52.0 Å². The third-order valence-corrected chi connectivity index (χ3v) is 4.41. The average molecular weight is 344 g/mol. The van der Waals surface area contributed by atoms with E-state index in [-0.39, 0.29) is 11.9 Å². The molecule has 25 heavy (non-hydrogen) atoms. The Morgan fingerprint density at radius 3 is 2.44 bits per heavy atom. The molecule has 0 aliphatic carbocycles. The molecule has 1 saturated heterocycles. The molecule has 5 heteroatoms. The van der Waals surface area contributed by atoms with E-state index < -0.39 is 0 Å². The van der Waals surface area contributed by atoms with Gasteiger partial charge < -0.3 is 15.0 Å². The van der Waals surface area contributed by atoms with Gasteiger partial charge in [0.05, 0.1) is 12.7 Å². The lowest BCUT2D eigenvalue weighted by Gasteiger charge is -2.19. The Bertz CT molecular complexity index is 573. The molecule has 136 valence electrons. The Labute approximate surface area is 150 Å². The molecule has 1 aromatic rings. The number of benzene rings is 1. The number of methoxy groups -OCH3 is 1. The maximum atomic E-state index is 11.9. The van der Waals surface area contributed by atoms with E-state index >= 15 is 0 Å². The smallest absolute Gasteiger partial charge is 0.337 e. The molecule has 1 N–H and O–H groups in total. The quantitative estimate of drug-likeness (QED) is 0.469. The van der Waals surface area contributed by atoms with Gasteiger partial charge in [0.1, 0.15) is 0 Å². The van der Waals surface area contributed by atoms with Crippen molar-refractivity contribution in [3.8, 4) is 0 Å². The number of likely N-dealkylation sites (tertiary alicyclic amines) is 1. The molecule has 0 aromatic heterocycles. The first-order chi connectivity index (χ1) is 12.2. The molecule has 0 spiro atoms. The number of ether oxygens (including phenoxy) is 1. The van der Waals surface area contributed by atoms with Crippen LogP contribution in [0.15, 0.2) is 30.3 Å². The Hall–Kier alpha value is -2.14. The monoisotopic (exact) mass is 344 g/mol. The number of hydrogen-bond donors (Lipinski definition) is 1. The van der Waals surface area contributed by atoms with Gasteiger partial charge in [-0.2, -0.15) is 0 Å². The molecule has 1 amide bonds. The van der Waals surface area contributed by atoms with Crippen LogP contribution in [0.3, 0.4) is 0 Å². The first-order valence-electron chi connectivity index (χ1n) is 9.05. The number of rotatable bonds is 7. The predicted octanol–water partition coefficient (Wildman–Crippen LogP) is 2.87. The summed E-state index contributed by atoms with van der Waals surface area (Å²) >= 11 is 0. The summed E-state index contributed by atoms with van der Waals surface area (Å²) in [5.41, 5.74) is 1.37. The zero-order valence-corrected chi connectivity index (χ0v) is 15.0. The van der Waals surface area contributed by atoms with Crippen molar-refractivity contribution in [1.82, 2.24) is 10.2 Å². The second-order valence-electron chi connectivity index (χ2n) is 6.35. The summed E-state index contributed by atoms with van der Waals surface area (Å²) in [6.45, 7) is 4.13. The van der Waals surface area contributed by atoms with E-state index in [1.54, 1.807) is 30.3 Å². The largest absolute Gasteiger partial charge is 0.465 e. The third kappa shape index (κ3) is 7.10. The van der Waals surface area contributed by atoms with Crippen molar-refractivity contribution in [3.05, 3.63) is 41.5 Å². The van der Waals surface area contributed by atoms with Crippen molar-refractivity contribution >= 4 is 18.0 Å². The molecule has 1 heterocycles. The van der Waals surface area contributed by atoms with Gasteiger partial charge in [-0.25, -0.2) is 4.79 Å². The molecule has 2 rings (SSSR count). The predicted molar refractivity (Wildman–Crippen MR) is 99.4 cm³/mol. The van der Waals surface area contributed by atoms with Crippen LogP contribution in [0.1, 0.15) is 48.0 Å². The molecule has 5 nitrogen and oxygen atoms in total. The first-order valence-corrected chi connectivity index (χ1v) is 9.05. The summed E-state index contributed by atoms with van der Waals surface area (Å²) in [6.07, 6.45) is 9.53. The summed E-state index contributed by atoms with van der Waals surface area (Å²) in [7, 11) is 1.35. The highest BCUT2D eigenvalue weighted by atomic mass is 16.5. The van der Waals surface area contributed by atoms with E-state index in [4.69, 9.17) is 0 Å². The minimum Gasteiger partial charge on any atom is -0.465 e. The SMILES string of the molecule is COC(=O)c1ccc(/C=C\C(=O)NCCCN2CCCCCC2)cc1. The lowest BCUT2D eigenvalue weighted by atomic mass is 10.1. The number of nitrogens with one attached hydrogen (secondary N) is 1. The van der Waals surface area contributed by atoms with Gasteiger partial charge in [-0.05, 0) is 62.7 Å². The summed E-state index contributed by atoms with van der Waals surface area (Å²) in [5.74, 6) is -0.453. The zero-order valence-electron chi connectivity index (χ0n) is 15.0. The van der Waals surface area contributed by atoms with Crippen LogP contribution in [0.2, 0.25) is 0 Å². The van der Waals surface area contributed by atoms with Gasteiger partial charge in [-0.15, -0.1) is 0 Å². The van der Waals surface area contributed by atoms with Crippen LogP contribution in [0.4, 0.5) is 0 Å². The summed E-state index contributed by atoms with van der Waals surface area (Å²) in [5, 5.41) is 2.92. The van der Waals surface area contributed by atoms with Crippen molar-refractivity contribution in [1.29, 1.82) is 0 Å². The molecular weight excluding hydrogens is 316 g/mol. The number of carbonyl (C=O) groups excluding carboxylic acids is 2. The van der Waals surface area contributed by atoms with Crippen LogP contribution < -0.4 is 5.32 Å². The molecule has 0 radical (unpaired) electrons. The van der Waals surface area contributed by atoms with E-state index in [9.17, 15) is 9.59 Å². The van der Waals surface area contributed by atoms with Gasteiger partial charge >= 0.3 is 5.97 Å². The Balaban J connectivity index is 1.67. The lowest BCUT2D eigenvalue weighted by molar-refractivity contribution is -0.116. The van der Waals surface area contributed by atoms with Crippen LogP contribution in [0, 0.1) is 0 Å². The Morgan fingerprint density at radius 1 is 1.12 bits per heavy atom. The topological polar surface area (TPSA) is 58.6 Å². The Kier molecular flexibility index (Phi) is 8.19. The van der Waals surface area contributed by atoms with Crippen molar-refractivity contribution in [2.45, 2.75) is 32.1 Å². The molecule has 0 unspecified atom stereocenters. The van der Waals surface area contributed by atoms with Crippen molar-refractivity contribution < 1.29 is 14.3 Å². The molecular formula is C20H28N2O3. The van der Waals surface area contributed by atoms with Crippen molar-refractivity contribution in [3.63, 3.8) is 0 Å². The minimum absolute atomic E-state index is 0.0899. The second-order valence-corrected chi connectivity index (χ2v) is 6.35. The van der Waals surface area contributed by atoms with Crippen molar-refractivity contribution in [2.75, 3.05) is 33.3 Å². The van der Waals surface area contributed by atoms with Gasteiger partial charge in [-0.1, -0.05) is 25.0 Å². The van der Waals surface area contributed by atoms with Crippen LogP contribution >= 0.6 is 0 Å². The summed E-state index contributed by atoms with van der Waals surface area (Å²) in [6, 6.07) is 6.94. The number of nitrogens with zero attached hydrogens (tertiary/aromatic N) is 1. The molecule has 1 aliphatic heterocycles. The fourth-order valence-electron chi connectivity index (χ4n) is 2.95. The highest BCUT2D eigenvalue weighted by Gasteiger charge is 2.08. The second kappa shape index (κ2) is 10.7. The fourth-order valence-corrected chi connectivity index (χ4v) is 2.95. The van der Waals surface area contributed by atoms with Gasteiger partial charge in [0.25, 0.3) is 0 Å². The number of esters is 1. The summed E-state index contributed by atoms with van der Waals surface area (Å²) in [4.78, 5) is 25.7. The van der Waals surface area contributed by atoms with Crippen molar-refractivity contribution in [2.24, 2.45) is 0 Å². The Morgan fingerprint density at radius 2 is 1.80 bits per heavy atom. The third-order valence-electron chi connectivity index (χ3n) is 4.41. The summed E-state index contributed by atoms with van der Waals surface area (Å²) < 4.78 is 4.66. The number of carbonyl (C=O) groups is 2. The van der Waals surface area contributed by atoms with Gasteiger partial charge in [-0.3, -0.25) is 4.79 Å². The van der Waals surface area contributed by atoms with E-state index in [0.29, 0.717) is 12.1 Å². The minimum atomic E-state index is -0.363.